The summed E-state index contributed by atoms with van der Waals surface area (Å²) in [6.45, 7) is 0.296. The van der Waals surface area contributed by atoms with E-state index in [-0.39, 0.29) is 29.5 Å². The molecule has 2 aromatic rings. The maximum Gasteiger partial charge on any atom is 0.243 e. The lowest BCUT2D eigenvalue weighted by molar-refractivity contribution is -0.122. The second-order valence-electron chi connectivity index (χ2n) is 7.06. The zero-order valence-electron chi connectivity index (χ0n) is 15.5. The van der Waals surface area contributed by atoms with Crippen LogP contribution in [0.25, 0.3) is 0 Å². The molecule has 28 heavy (non-hydrogen) atoms. The summed E-state index contributed by atoms with van der Waals surface area (Å²) in [5.41, 5.74) is 0.930. The summed E-state index contributed by atoms with van der Waals surface area (Å²) >= 11 is 0. The molecule has 0 N–H and O–H groups in total. The third kappa shape index (κ3) is 2.51. The minimum atomic E-state index is -3.81. The predicted octanol–water partition coefficient (Wildman–Crippen LogP) is 1.88. The van der Waals surface area contributed by atoms with Crippen LogP contribution in [-0.2, 0) is 20.2 Å². The van der Waals surface area contributed by atoms with E-state index < -0.39 is 15.4 Å². The summed E-state index contributed by atoms with van der Waals surface area (Å²) in [5, 5.41) is 9.06. The Bertz CT molecular complexity index is 1120. The molecule has 0 aliphatic carbocycles. The van der Waals surface area contributed by atoms with Gasteiger partial charge in [0.2, 0.25) is 15.9 Å². The summed E-state index contributed by atoms with van der Waals surface area (Å²) < 4.78 is 32.9. The summed E-state index contributed by atoms with van der Waals surface area (Å²) in [5.74, 6) is 0.517. The molecule has 144 valence electrons. The van der Waals surface area contributed by atoms with E-state index in [0.29, 0.717) is 12.2 Å². The predicted molar refractivity (Wildman–Crippen MR) is 103 cm³/mol. The maximum absolute atomic E-state index is 13.1. The van der Waals surface area contributed by atoms with Gasteiger partial charge < -0.3 is 9.64 Å². The molecular weight excluding hydrogens is 378 g/mol. The Morgan fingerprint density at radius 3 is 2.71 bits per heavy atom. The van der Waals surface area contributed by atoms with E-state index in [1.165, 1.54) is 16.4 Å². The van der Waals surface area contributed by atoms with Crippen LogP contribution < -0.4 is 9.64 Å². The van der Waals surface area contributed by atoms with Crippen molar-refractivity contribution in [3.8, 4) is 11.8 Å². The minimum absolute atomic E-state index is 0.0632. The van der Waals surface area contributed by atoms with Gasteiger partial charge in [-0.1, -0.05) is 6.07 Å². The molecule has 2 aliphatic rings. The number of ether oxygens (including phenoxy) is 1. The van der Waals surface area contributed by atoms with Gasteiger partial charge in [-0.2, -0.15) is 9.57 Å². The molecule has 2 aromatic carbocycles. The Morgan fingerprint density at radius 2 is 2.00 bits per heavy atom. The van der Waals surface area contributed by atoms with Crippen LogP contribution in [0.3, 0.4) is 0 Å². The monoisotopic (exact) mass is 397 g/mol. The van der Waals surface area contributed by atoms with Crippen molar-refractivity contribution in [3.05, 3.63) is 53.6 Å². The molecule has 7 nitrogen and oxygen atoms in total. The van der Waals surface area contributed by atoms with E-state index in [1.807, 2.05) is 18.2 Å². The van der Waals surface area contributed by atoms with Crippen LogP contribution in [0.5, 0.6) is 5.75 Å². The van der Waals surface area contributed by atoms with Gasteiger partial charge in [0.05, 0.1) is 29.1 Å². The summed E-state index contributed by atoms with van der Waals surface area (Å²) in [6, 6.07) is 13.3. The van der Waals surface area contributed by atoms with Gasteiger partial charge in [-0.3, -0.25) is 4.79 Å². The molecule has 4 rings (SSSR count). The zero-order valence-corrected chi connectivity index (χ0v) is 16.4. The lowest BCUT2D eigenvalue weighted by Gasteiger charge is -2.23. The number of anilines is 1. The highest BCUT2D eigenvalue weighted by molar-refractivity contribution is 7.89. The molecule has 0 bridgehead atoms. The number of nitriles is 1. The first-order valence-corrected chi connectivity index (χ1v) is 10.2. The lowest BCUT2D eigenvalue weighted by atomic mass is 9.81. The number of hydrogen-bond acceptors (Lipinski definition) is 5. The number of nitrogens with zero attached hydrogens (tertiary/aromatic N) is 3. The van der Waals surface area contributed by atoms with Crippen molar-refractivity contribution < 1.29 is 17.9 Å². The Hall–Kier alpha value is -2.89. The van der Waals surface area contributed by atoms with Gasteiger partial charge in [0.1, 0.15) is 5.75 Å². The molecule has 1 amide bonds. The molecule has 0 aromatic heterocycles. The SMILES string of the molecule is COc1ccc2c(c1)[C@@]1(CCN(S(=O)(=O)c3cccc(C#N)c3)C1)C(=O)N2C. The van der Waals surface area contributed by atoms with Crippen molar-refractivity contribution in [2.24, 2.45) is 0 Å². The first kappa shape index (κ1) is 18.5. The third-order valence-corrected chi connectivity index (χ3v) is 7.47. The molecule has 8 heteroatoms. The molecule has 1 atom stereocenters. The van der Waals surface area contributed by atoms with Crippen LogP contribution >= 0.6 is 0 Å². The van der Waals surface area contributed by atoms with Gasteiger partial charge in [-0.15, -0.1) is 0 Å². The van der Waals surface area contributed by atoms with E-state index in [1.54, 1.807) is 37.3 Å². The zero-order chi connectivity index (χ0) is 20.1. The van der Waals surface area contributed by atoms with Gasteiger partial charge >= 0.3 is 0 Å². The van der Waals surface area contributed by atoms with E-state index in [2.05, 4.69) is 0 Å². The number of amides is 1. The fourth-order valence-electron chi connectivity index (χ4n) is 4.11. The summed E-state index contributed by atoms with van der Waals surface area (Å²) in [7, 11) is -0.551. The Kier molecular flexibility index (Phi) is 4.17. The van der Waals surface area contributed by atoms with Gasteiger partial charge in [0, 0.05) is 25.8 Å². The van der Waals surface area contributed by atoms with Crippen molar-refractivity contribution in [2.45, 2.75) is 16.7 Å². The molecular formula is C20H19N3O4S. The van der Waals surface area contributed by atoms with Gasteiger partial charge in [0.25, 0.3) is 0 Å². The van der Waals surface area contributed by atoms with Crippen LogP contribution in [0.4, 0.5) is 5.69 Å². The molecule has 0 saturated carbocycles. The molecule has 0 radical (unpaired) electrons. The third-order valence-electron chi connectivity index (χ3n) is 5.63. The van der Waals surface area contributed by atoms with Crippen LogP contribution in [0.2, 0.25) is 0 Å². The molecule has 1 fully saturated rings. The largest absolute Gasteiger partial charge is 0.497 e. The number of carbonyl (C=O) groups excluding carboxylic acids is 1. The summed E-state index contributed by atoms with van der Waals surface area (Å²) in [4.78, 5) is 14.8. The van der Waals surface area contributed by atoms with Crippen molar-refractivity contribution in [1.29, 1.82) is 5.26 Å². The second kappa shape index (κ2) is 6.33. The lowest BCUT2D eigenvalue weighted by Crippen LogP contribution is -2.42. The molecule has 0 unspecified atom stereocenters. The molecule has 1 spiro atoms. The van der Waals surface area contributed by atoms with Crippen LogP contribution in [0, 0.1) is 11.3 Å². The second-order valence-corrected chi connectivity index (χ2v) is 9.00. The van der Waals surface area contributed by atoms with Crippen molar-refractivity contribution >= 4 is 21.6 Å². The fourth-order valence-corrected chi connectivity index (χ4v) is 5.66. The van der Waals surface area contributed by atoms with Crippen LogP contribution in [0.15, 0.2) is 47.4 Å². The normalized spacial score (nSPS) is 21.8. The topological polar surface area (TPSA) is 90.7 Å². The van der Waals surface area contributed by atoms with Crippen molar-refractivity contribution in [3.63, 3.8) is 0 Å². The first-order chi connectivity index (χ1) is 13.3. The van der Waals surface area contributed by atoms with Crippen LogP contribution in [-0.4, -0.2) is 45.9 Å². The maximum atomic E-state index is 13.1. The Balaban J connectivity index is 1.74. The van der Waals surface area contributed by atoms with E-state index in [0.717, 1.165) is 11.3 Å². The average molecular weight is 397 g/mol. The number of sulfonamides is 1. The Morgan fingerprint density at radius 1 is 1.21 bits per heavy atom. The summed E-state index contributed by atoms with van der Waals surface area (Å²) in [6.07, 6.45) is 0.396. The fraction of sp³-hybridized carbons (Fsp3) is 0.300. The highest BCUT2D eigenvalue weighted by Crippen LogP contribution is 2.48. The highest BCUT2D eigenvalue weighted by atomic mass is 32.2. The molecule has 2 aliphatic heterocycles. The molecule has 2 heterocycles. The number of benzene rings is 2. The minimum Gasteiger partial charge on any atom is -0.497 e. The quantitative estimate of drug-likeness (QED) is 0.789. The first-order valence-electron chi connectivity index (χ1n) is 8.80. The highest BCUT2D eigenvalue weighted by Gasteiger charge is 2.55. The number of methoxy groups -OCH3 is 1. The smallest absolute Gasteiger partial charge is 0.243 e. The standard InChI is InChI=1S/C20H19N3O4S/c1-22-18-7-6-15(27-2)11-17(18)20(19(22)24)8-9-23(13-20)28(25,26)16-5-3-4-14(10-16)12-21/h3-7,10-11H,8-9,13H2,1-2H3/t20-/m0/s1. The number of carbonyl (C=O) groups is 1. The number of hydrogen-bond donors (Lipinski definition) is 0. The van der Waals surface area contributed by atoms with Gasteiger partial charge in [0.15, 0.2) is 0 Å². The van der Waals surface area contributed by atoms with Crippen molar-refractivity contribution in [2.75, 3.05) is 32.1 Å². The number of likely N-dealkylation sites (N-methyl/N-ethyl adjacent to an activating group) is 1. The average Bonchev–Trinajstić information content (AvgIpc) is 3.26. The molecule has 1 saturated heterocycles. The van der Waals surface area contributed by atoms with E-state index >= 15 is 0 Å². The number of fused-ring (bicyclic) bond motifs is 2. The number of rotatable bonds is 3. The van der Waals surface area contributed by atoms with Crippen molar-refractivity contribution in [1.82, 2.24) is 4.31 Å². The van der Waals surface area contributed by atoms with Gasteiger partial charge in [-0.05, 0) is 48.4 Å². The van der Waals surface area contributed by atoms with Gasteiger partial charge in [-0.25, -0.2) is 8.42 Å². The van der Waals surface area contributed by atoms with E-state index in [9.17, 15) is 13.2 Å². The van der Waals surface area contributed by atoms with E-state index in [4.69, 9.17) is 10.00 Å². The van der Waals surface area contributed by atoms with Crippen LogP contribution in [0.1, 0.15) is 17.5 Å². The Labute approximate surface area is 163 Å².